The predicted octanol–water partition coefficient (Wildman–Crippen LogP) is 2.87. The van der Waals surface area contributed by atoms with Crippen LogP contribution in [0.4, 0.5) is 16.2 Å². The lowest BCUT2D eigenvalue weighted by atomic mass is 10.0. The maximum Gasteiger partial charge on any atom is 0.324 e. The van der Waals surface area contributed by atoms with E-state index in [4.69, 9.17) is 5.73 Å². The Bertz CT molecular complexity index is 528. The molecule has 0 radical (unpaired) electrons. The molecule has 0 aliphatic carbocycles. The first-order valence-electron chi connectivity index (χ1n) is 7.53. The number of piperidine rings is 1. The lowest BCUT2D eigenvalue weighted by Gasteiger charge is -2.35. The average Bonchev–Trinajstić information content (AvgIpc) is 2.73. The molecule has 3 rings (SSSR count). The monoisotopic (exact) mass is 273 g/mol. The molecule has 2 heterocycles. The van der Waals surface area contributed by atoms with E-state index in [1.165, 1.54) is 12.0 Å². The van der Waals surface area contributed by atoms with Gasteiger partial charge in [-0.3, -0.25) is 4.90 Å². The minimum absolute atomic E-state index is 0.160. The van der Waals surface area contributed by atoms with Crippen molar-refractivity contribution < 1.29 is 4.79 Å². The van der Waals surface area contributed by atoms with Gasteiger partial charge < -0.3 is 10.6 Å². The van der Waals surface area contributed by atoms with Gasteiger partial charge in [0.05, 0.1) is 0 Å². The van der Waals surface area contributed by atoms with Crippen LogP contribution in [-0.4, -0.2) is 30.1 Å². The van der Waals surface area contributed by atoms with Gasteiger partial charge in [-0.1, -0.05) is 6.92 Å². The first-order chi connectivity index (χ1) is 9.56. The van der Waals surface area contributed by atoms with Gasteiger partial charge in [-0.05, 0) is 55.9 Å². The number of rotatable bonds is 0. The van der Waals surface area contributed by atoms with Gasteiger partial charge in [0, 0.05) is 30.5 Å². The summed E-state index contributed by atoms with van der Waals surface area (Å²) in [6.07, 6.45) is 3.24. The van der Waals surface area contributed by atoms with Crippen LogP contribution in [0.25, 0.3) is 0 Å². The maximum absolute atomic E-state index is 12.8. The van der Waals surface area contributed by atoms with Crippen molar-refractivity contribution in [2.75, 3.05) is 23.7 Å². The summed E-state index contributed by atoms with van der Waals surface area (Å²) in [4.78, 5) is 16.8. The first-order valence-corrected chi connectivity index (χ1v) is 7.53. The van der Waals surface area contributed by atoms with Crippen molar-refractivity contribution in [1.82, 2.24) is 4.90 Å². The Morgan fingerprint density at radius 1 is 1.35 bits per heavy atom. The third-order valence-electron chi connectivity index (χ3n) is 4.45. The van der Waals surface area contributed by atoms with Gasteiger partial charge in [-0.25, -0.2) is 4.79 Å². The molecule has 0 spiro atoms. The zero-order valence-corrected chi connectivity index (χ0v) is 12.3. The SMILES string of the molecule is CC1CCCN(C(=O)N2c3ccc(N)cc3CC2C)C1. The Balaban J connectivity index is 1.85. The van der Waals surface area contributed by atoms with Gasteiger partial charge >= 0.3 is 6.03 Å². The van der Waals surface area contributed by atoms with Crippen molar-refractivity contribution in [3.05, 3.63) is 23.8 Å². The zero-order chi connectivity index (χ0) is 14.3. The second-order valence-corrected chi connectivity index (χ2v) is 6.29. The summed E-state index contributed by atoms with van der Waals surface area (Å²) >= 11 is 0. The summed E-state index contributed by atoms with van der Waals surface area (Å²) in [5.41, 5.74) is 8.85. The minimum Gasteiger partial charge on any atom is -0.399 e. The third kappa shape index (κ3) is 2.23. The van der Waals surface area contributed by atoms with Crippen LogP contribution in [0.15, 0.2) is 18.2 Å². The fraction of sp³-hybridized carbons (Fsp3) is 0.562. The van der Waals surface area contributed by atoms with E-state index >= 15 is 0 Å². The normalized spacial score (nSPS) is 25.7. The van der Waals surface area contributed by atoms with Crippen LogP contribution >= 0.6 is 0 Å². The minimum atomic E-state index is 0.160. The Labute approximate surface area is 120 Å². The van der Waals surface area contributed by atoms with Crippen molar-refractivity contribution >= 4 is 17.4 Å². The fourth-order valence-electron chi connectivity index (χ4n) is 3.46. The molecule has 1 saturated heterocycles. The number of nitrogens with zero attached hydrogens (tertiary/aromatic N) is 2. The van der Waals surface area contributed by atoms with Crippen molar-refractivity contribution in [1.29, 1.82) is 0 Å². The zero-order valence-electron chi connectivity index (χ0n) is 12.3. The number of likely N-dealkylation sites (tertiary alicyclic amines) is 1. The number of carbonyl (C=O) groups excluding carboxylic acids is 1. The number of urea groups is 1. The molecular weight excluding hydrogens is 250 g/mol. The van der Waals surface area contributed by atoms with Gasteiger partial charge in [0.25, 0.3) is 0 Å². The smallest absolute Gasteiger partial charge is 0.324 e. The Morgan fingerprint density at radius 2 is 2.15 bits per heavy atom. The summed E-state index contributed by atoms with van der Waals surface area (Å²) in [7, 11) is 0. The van der Waals surface area contributed by atoms with Crippen LogP contribution in [0.5, 0.6) is 0 Å². The van der Waals surface area contributed by atoms with Crippen LogP contribution in [-0.2, 0) is 6.42 Å². The maximum atomic E-state index is 12.8. The summed E-state index contributed by atoms with van der Waals surface area (Å²) < 4.78 is 0. The largest absolute Gasteiger partial charge is 0.399 e. The number of fused-ring (bicyclic) bond motifs is 1. The Morgan fingerprint density at radius 3 is 2.90 bits per heavy atom. The number of anilines is 2. The quantitative estimate of drug-likeness (QED) is 0.739. The van der Waals surface area contributed by atoms with Crippen molar-refractivity contribution in [3.63, 3.8) is 0 Å². The molecule has 0 aromatic heterocycles. The lowest BCUT2D eigenvalue weighted by molar-refractivity contribution is 0.174. The Kier molecular flexibility index (Phi) is 3.32. The van der Waals surface area contributed by atoms with E-state index in [2.05, 4.69) is 13.8 Å². The molecule has 1 fully saturated rings. The number of hydrogen-bond acceptors (Lipinski definition) is 2. The summed E-state index contributed by atoms with van der Waals surface area (Å²) in [5, 5.41) is 0. The van der Waals surface area contributed by atoms with E-state index in [0.717, 1.165) is 37.3 Å². The molecule has 0 bridgehead atoms. The van der Waals surface area contributed by atoms with Crippen LogP contribution in [0.1, 0.15) is 32.3 Å². The van der Waals surface area contributed by atoms with Crippen molar-refractivity contribution in [2.45, 2.75) is 39.2 Å². The summed E-state index contributed by atoms with van der Waals surface area (Å²) in [5.74, 6) is 0.608. The molecule has 2 unspecified atom stereocenters. The molecule has 2 aliphatic heterocycles. The third-order valence-corrected chi connectivity index (χ3v) is 4.45. The second-order valence-electron chi connectivity index (χ2n) is 6.29. The van der Waals surface area contributed by atoms with Gasteiger partial charge in [-0.15, -0.1) is 0 Å². The number of nitrogens with two attached hydrogens (primary N) is 1. The van der Waals surface area contributed by atoms with Crippen LogP contribution in [0.2, 0.25) is 0 Å². The standard InChI is InChI=1S/C16H23N3O/c1-11-4-3-7-18(10-11)16(20)19-12(2)8-13-9-14(17)5-6-15(13)19/h5-6,9,11-12H,3-4,7-8,10,17H2,1-2H3. The molecule has 4 nitrogen and oxygen atoms in total. The Hall–Kier alpha value is -1.71. The highest BCUT2D eigenvalue weighted by molar-refractivity contribution is 5.95. The van der Waals surface area contributed by atoms with Crippen molar-refractivity contribution in [3.8, 4) is 0 Å². The highest BCUT2D eigenvalue weighted by Crippen LogP contribution is 2.34. The first kappa shape index (κ1) is 13.3. The summed E-state index contributed by atoms with van der Waals surface area (Å²) in [6, 6.07) is 6.25. The van der Waals surface area contributed by atoms with Gasteiger partial charge in [0.2, 0.25) is 0 Å². The van der Waals surface area contributed by atoms with E-state index in [1.54, 1.807) is 0 Å². The van der Waals surface area contributed by atoms with Gasteiger partial charge in [0.1, 0.15) is 0 Å². The topological polar surface area (TPSA) is 49.6 Å². The molecule has 4 heteroatoms. The number of nitrogen functional groups attached to an aromatic ring is 1. The van der Waals surface area contributed by atoms with Gasteiger partial charge in [0.15, 0.2) is 0 Å². The number of carbonyl (C=O) groups is 1. The van der Waals surface area contributed by atoms with Crippen LogP contribution < -0.4 is 10.6 Å². The van der Waals surface area contributed by atoms with E-state index in [0.29, 0.717) is 5.92 Å². The van der Waals surface area contributed by atoms with Crippen molar-refractivity contribution in [2.24, 2.45) is 5.92 Å². The molecule has 0 saturated carbocycles. The highest BCUT2D eigenvalue weighted by Gasteiger charge is 2.34. The number of amides is 2. The molecular formula is C16H23N3O. The number of benzene rings is 1. The molecule has 108 valence electrons. The summed E-state index contributed by atoms with van der Waals surface area (Å²) in [6.45, 7) is 6.10. The van der Waals surface area contributed by atoms with Gasteiger partial charge in [-0.2, -0.15) is 0 Å². The predicted molar refractivity (Wildman–Crippen MR) is 81.9 cm³/mol. The fourth-order valence-corrected chi connectivity index (χ4v) is 3.46. The van der Waals surface area contributed by atoms with E-state index in [-0.39, 0.29) is 12.1 Å². The van der Waals surface area contributed by atoms with Crippen LogP contribution in [0.3, 0.4) is 0 Å². The second kappa shape index (κ2) is 5.00. The molecule has 2 atom stereocenters. The number of hydrogen-bond donors (Lipinski definition) is 1. The molecule has 2 amide bonds. The van der Waals surface area contributed by atoms with E-state index in [1.807, 2.05) is 28.0 Å². The molecule has 2 aliphatic rings. The molecule has 1 aromatic carbocycles. The van der Waals surface area contributed by atoms with Crippen LogP contribution in [0, 0.1) is 5.92 Å². The van der Waals surface area contributed by atoms with E-state index < -0.39 is 0 Å². The average molecular weight is 273 g/mol. The highest BCUT2D eigenvalue weighted by atomic mass is 16.2. The molecule has 20 heavy (non-hydrogen) atoms. The molecule has 1 aromatic rings. The lowest BCUT2D eigenvalue weighted by Crippen LogP contribution is -2.49. The van der Waals surface area contributed by atoms with E-state index in [9.17, 15) is 4.79 Å². The molecule has 2 N–H and O–H groups in total.